The van der Waals surface area contributed by atoms with Gasteiger partial charge in [0.15, 0.2) is 16.6 Å². The van der Waals surface area contributed by atoms with Crippen LogP contribution in [0.2, 0.25) is 0 Å². The minimum Gasteiger partial charge on any atom is -0.504 e. The minimum absolute atomic E-state index is 0.0895. The number of nitrogens with one attached hydrogen (secondary N) is 1. The molecule has 4 aliphatic rings. The van der Waals surface area contributed by atoms with E-state index in [-0.39, 0.29) is 22.4 Å². The summed E-state index contributed by atoms with van der Waals surface area (Å²) in [5.74, 6) is 1.43. The van der Waals surface area contributed by atoms with Crippen LogP contribution in [0.3, 0.4) is 0 Å². The number of rotatable bonds is 1. The number of phenols is 1. The Morgan fingerprint density at radius 2 is 2.36 bits per heavy atom. The molecule has 0 unspecified atom stereocenters. The van der Waals surface area contributed by atoms with Gasteiger partial charge in [-0.05, 0) is 69.0 Å². The summed E-state index contributed by atoms with van der Waals surface area (Å²) >= 11 is 4.90. The Morgan fingerprint density at radius 3 is 3.16 bits per heavy atom. The smallest absolute Gasteiger partial charge is 0.184 e. The predicted molar refractivity (Wildman–Crippen MR) is 99.0 cm³/mol. The lowest BCUT2D eigenvalue weighted by Gasteiger charge is -2.57. The molecule has 1 saturated heterocycles. The summed E-state index contributed by atoms with van der Waals surface area (Å²) in [5.41, 5.74) is 11.7. The molecule has 0 radical (unpaired) electrons. The zero-order valence-electron chi connectivity index (χ0n) is 14.2. The van der Waals surface area contributed by atoms with E-state index in [0.717, 1.165) is 37.9 Å². The van der Waals surface area contributed by atoms with E-state index in [2.05, 4.69) is 28.5 Å². The van der Waals surface area contributed by atoms with Gasteiger partial charge in [0.1, 0.15) is 6.10 Å². The first-order chi connectivity index (χ1) is 12.0. The molecular formula is C18H22N4O2S. The van der Waals surface area contributed by atoms with E-state index in [1.54, 1.807) is 6.07 Å². The highest BCUT2D eigenvalue weighted by atomic mass is 32.1. The van der Waals surface area contributed by atoms with Crippen molar-refractivity contribution in [2.24, 2.45) is 16.8 Å². The van der Waals surface area contributed by atoms with Gasteiger partial charge in [0, 0.05) is 17.0 Å². The summed E-state index contributed by atoms with van der Waals surface area (Å²) < 4.78 is 6.37. The Hall–Kier alpha value is -1.86. The van der Waals surface area contributed by atoms with Crippen LogP contribution < -0.4 is 15.9 Å². The maximum absolute atomic E-state index is 10.4. The molecule has 4 N–H and O–H groups in total. The first-order valence-electron chi connectivity index (χ1n) is 8.86. The quantitative estimate of drug-likeness (QED) is 0.518. The summed E-state index contributed by atoms with van der Waals surface area (Å²) in [6.45, 7) is 1.03. The fourth-order valence-corrected chi connectivity index (χ4v) is 5.83. The van der Waals surface area contributed by atoms with Crippen molar-refractivity contribution in [3.63, 3.8) is 0 Å². The second-order valence-electron chi connectivity index (χ2n) is 7.71. The van der Waals surface area contributed by atoms with Crippen molar-refractivity contribution >= 4 is 23.0 Å². The topological polar surface area (TPSA) is 83.1 Å². The highest BCUT2D eigenvalue weighted by Gasteiger charge is 2.64. The van der Waals surface area contributed by atoms with E-state index in [9.17, 15) is 5.11 Å². The van der Waals surface area contributed by atoms with Crippen LogP contribution in [0, 0.1) is 5.92 Å². The van der Waals surface area contributed by atoms with E-state index in [1.165, 1.54) is 11.1 Å². The lowest BCUT2D eigenvalue weighted by Crippen LogP contribution is -2.65. The van der Waals surface area contributed by atoms with Crippen LogP contribution in [0.4, 0.5) is 0 Å². The standard InChI is InChI=1S/C18H22N4O2S/c1-22-7-6-18-10-3-4-11(20-21-17(19)25)16(18)24-15-13(23)5-2-9(14(15)18)8-12(10)22/h2,5,10,12,16,23H,3-4,6-8H2,1H3,(H3,19,21,25)/t10-,12+,16-,18-/m0/s1. The van der Waals surface area contributed by atoms with Crippen molar-refractivity contribution in [1.82, 2.24) is 10.3 Å². The summed E-state index contributed by atoms with van der Waals surface area (Å²) in [6.07, 6.45) is 3.83. The average molecular weight is 358 g/mol. The van der Waals surface area contributed by atoms with Crippen molar-refractivity contribution in [1.29, 1.82) is 0 Å². The lowest BCUT2D eigenvalue weighted by molar-refractivity contribution is -0.00702. The van der Waals surface area contributed by atoms with Crippen molar-refractivity contribution in [3.05, 3.63) is 23.3 Å². The number of likely N-dealkylation sites (N-methyl/N-ethyl adjacent to an activating group) is 1. The molecule has 1 aromatic carbocycles. The number of nitrogens with zero attached hydrogens (tertiary/aromatic N) is 2. The third kappa shape index (κ3) is 1.88. The second kappa shape index (κ2) is 5.08. The molecule has 2 aliphatic carbocycles. The van der Waals surface area contributed by atoms with Crippen LogP contribution in [0.5, 0.6) is 11.5 Å². The molecule has 0 aromatic heterocycles. The third-order valence-electron chi connectivity index (χ3n) is 6.72. The Morgan fingerprint density at radius 1 is 1.52 bits per heavy atom. The van der Waals surface area contributed by atoms with Crippen LogP contribution in [0.1, 0.15) is 30.4 Å². The fourth-order valence-electron chi connectivity index (χ4n) is 5.78. The second-order valence-corrected chi connectivity index (χ2v) is 8.15. The molecular weight excluding hydrogens is 336 g/mol. The van der Waals surface area contributed by atoms with Crippen LogP contribution in [-0.2, 0) is 11.8 Å². The first-order valence-corrected chi connectivity index (χ1v) is 9.27. The van der Waals surface area contributed by atoms with Gasteiger partial charge in [0.05, 0.1) is 5.71 Å². The number of likely N-dealkylation sites (tertiary alicyclic amines) is 1. The maximum atomic E-state index is 10.4. The van der Waals surface area contributed by atoms with Crippen LogP contribution in [0.15, 0.2) is 17.2 Å². The number of benzene rings is 1. The van der Waals surface area contributed by atoms with Gasteiger partial charge in [0.2, 0.25) is 0 Å². The van der Waals surface area contributed by atoms with Gasteiger partial charge in [-0.3, -0.25) is 5.43 Å². The molecule has 132 valence electrons. The Balaban J connectivity index is 1.70. The Bertz CT molecular complexity index is 811. The normalized spacial score (nSPS) is 36.7. The van der Waals surface area contributed by atoms with Crippen molar-refractivity contribution in [2.75, 3.05) is 13.6 Å². The highest BCUT2D eigenvalue weighted by Crippen LogP contribution is 2.63. The zero-order chi connectivity index (χ0) is 17.3. The van der Waals surface area contributed by atoms with E-state index >= 15 is 0 Å². The summed E-state index contributed by atoms with van der Waals surface area (Å²) in [6, 6.07) is 4.36. The summed E-state index contributed by atoms with van der Waals surface area (Å²) in [5, 5.41) is 15.1. The number of phenolic OH excluding ortho intramolecular Hbond substituents is 1. The van der Waals surface area contributed by atoms with Crippen molar-refractivity contribution < 1.29 is 9.84 Å². The van der Waals surface area contributed by atoms with Crippen LogP contribution >= 0.6 is 12.2 Å². The van der Waals surface area contributed by atoms with Crippen molar-refractivity contribution in [2.45, 2.75) is 43.2 Å². The molecule has 1 saturated carbocycles. The Kier molecular flexibility index (Phi) is 3.13. The number of nitrogens with two attached hydrogens (primary N) is 1. The molecule has 0 amide bonds. The molecule has 7 heteroatoms. The molecule has 2 fully saturated rings. The van der Waals surface area contributed by atoms with E-state index in [4.69, 9.17) is 22.7 Å². The van der Waals surface area contributed by atoms with E-state index in [0.29, 0.717) is 17.7 Å². The number of hydrogen-bond donors (Lipinski definition) is 3. The number of thiocarbonyl (C=S) groups is 1. The lowest BCUT2D eigenvalue weighted by atomic mass is 9.51. The summed E-state index contributed by atoms with van der Waals surface area (Å²) in [7, 11) is 2.23. The van der Waals surface area contributed by atoms with Gasteiger partial charge in [-0.2, -0.15) is 5.10 Å². The first kappa shape index (κ1) is 15.4. The molecule has 2 heterocycles. The molecule has 5 rings (SSSR count). The molecule has 4 atom stereocenters. The molecule has 2 aliphatic heterocycles. The molecule has 1 aromatic rings. The van der Waals surface area contributed by atoms with Gasteiger partial charge in [0.25, 0.3) is 0 Å². The van der Waals surface area contributed by atoms with Gasteiger partial charge in [-0.15, -0.1) is 0 Å². The molecule has 2 bridgehead atoms. The number of piperidine rings is 1. The van der Waals surface area contributed by atoms with Gasteiger partial charge in [-0.1, -0.05) is 6.07 Å². The third-order valence-corrected chi connectivity index (χ3v) is 6.81. The number of hydrogen-bond acceptors (Lipinski definition) is 5. The maximum Gasteiger partial charge on any atom is 0.184 e. The van der Waals surface area contributed by atoms with E-state index in [1.807, 2.05) is 0 Å². The fraction of sp³-hybridized carbons (Fsp3) is 0.556. The highest BCUT2D eigenvalue weighted by molar-refractivity contribution is 7.80. The number of aromatic hydroxyl groups is 1. The van der Waals surface area contributed by atoms with E-state index < -0.39 is 0 Å². The molecule has 25 heavy (non-hydrogen) atoms. The van der Waals surface area contributed by atoms with Gasteiger partial charge < -0.3 is 20.5 Å². The zero-order valence-corrected chi connectivity index (χ0v) is 15.0. The summed E-state index contributed by atoms with van der Waals surface area (Å²) in [4.78, 5) is 2.50. The van der Waals surface area contributed by atoms with Crippen molar-refractivity contribution in [3.8, 4) is 11.5 Å². The van der Waals surface area contributed by atoms with Crippen LogP contribution in [-0.4, -0.2) is 46.6 Å². The van der Waals surface area contributed by atoms with Crippen LogP contribution in [0.25, 0.3) is 0 Å². The Labute approximate surface area is 152 Å². The number of ether oxygens (including phenoxy) is 1. The minimum atomic E-state index is -0.147. The molecule has 6 nitrogen and oxygen atoms in total. The SMILES string of the molecule is CN1CC[C@]23c4c5ccc(O)c4O[C@H]2C(=NNC(N)=S)CC[C@H]3[C@H]1C5. The molecule has 1 spiro atoms. The van der Waals surface area contributed by atoms with Gasteiger partial charge >= 0.3 is 0 Å². The predicted octanol–water partition coefficient (Wildman–Crippen LogP) is 1.25. The largest absolute Gasteiger partial charge is 0.504 e. The van der Waals surface area contributed by atoms with Gasteiger partial charge in [-0.25, -0.2) is 0 Å². The number of hydrazone groups is 1. The monoisotopic (exact) mass is 358 g/mol. The average Bonchev–Trinajstić information content (AvgIpc) is 2.94.